The van der Waals surface area contributed by atoms with Crippen LogP contribution in [0.25, 0.3) is 0 Å². The van der Waals surface area contributed by atoms with Crippen molar-refractivity contribution < 1.29 is 24.2 Å². The van der Waals surface area contributed by atoms with Gasteiger partial charge in [0, 0.05) is 18.1 Å². The second kappa shape index (κ2) is 13.1. The normalized spacial score (nSPS) is 12.3. The number of ketones is 1. The third-order valence-electron chi connectivity index (χ3n) is 3.30. The van der Waals surface area contributed by atoms with Gasteiger partial charge in [0.1, 0.15) is 6.61 Å². The van der Waals surface area contributed by atoms with Gasteiger partial charge in [0.2, 0.25) is 5.91 Å². The summed E-state index contributed by atoms with van der Waals surface area (Å²) in [6, 6.07) is 12.0. The van der Waals surface area contributed by atoms with Gasteiger partial charge in [-0.2, -0.15) is 11.3 Å². The lowest BCUT2D eigenvalue weighted by atomic mass is 10.2. The molecule has 0 radical (unpaired) electrons. The van der Waals surface area contributed by atoms with Crippen molar-refractivity contribution in [3.63, 3.8) is 0 Å². The molecular formula is C19H23NO5S2. The number of aliphatic hydroxyl groups is 1. The Morgan fingerprint density at radius 3 is 2.37 bits per heavy atom. The number of aryl methyl sites for hydroxylation is 1. The molecule has 2 aromatic rings. The van der Waals surface area contributed by atoms with Gasteiger partial charge in [0.15, 0.2) is 5.78 Å². The number of hydrogen-bond acceptors (Lipinski definition) is 7. The van der Waals surface area contributed by atoms with Gasteiger partial charge in [-0.3, -0.25) is 9.59 Å². The topological polar surface area (TPSA) is 83.9 Å². The molecule has 27 heavy (non-hydrogen) atoms. The highest BCUT2D eigenvalue weighted by atomic mass is 32.2. The van der Waals surface area contributed by atoms with Gasteiger partial charge < -0.3 is 9.84 Å². The van der Waals surface area contributed by atoms with E-state index in [4.69, 9.17) is 5.11 Å². The fraction of sp³-hybridized carbons (Fsp3) is 0.316. The maximum absolute atomic E-state index is 11.6. The first-order valence-corrected chi connectivity index (χ1v) is 10.2. The van der Waals surface area contributed by atoms with E-state index < -0.39 is 6.09 Å². The number of nitrogens with zero attached hydrogens (tertiary/aromatic N) is 1. The minimum Gasteiger partial charge on any atom is -0.447 e. The Bertz CT molecular complexity index is 704. The Labute approximate surface area is 167 Å². The molecule has 1 fully saturated rings. The van der Waals surface area contributed by atoms with Gasteiger partial charge in [0.25, 0.3) is 0 Å². The van der Waals surface area contributed by atoms with Crippen molar-refractivity contribution >= 4 is 40.9 Å². The van der Waals surface area contributed by atoms with E-state index in [1.807, 2.05) is 23.6 Å². The van der Waals surface area contributed by atoms with Gasteiger partial charge >= 0.3 is 6.09 Å². The Hall–Kier alpha value is -2.16. The van der Waals surface area contributed by atoms with Crippen molar-refractivity contribution in [2.45, 2.75) is 6.92 Å². The SMILES string of the molecule is CO.Cc1ccccc1.O=C(CSCC(=O)N1CCOC1=O)c1ccsc1. The molecule has 1 saturated heterocycles. The Morgan fingerprint density at radius 1 is 1.19 bits per heavy atom. The lowest BCUT2D eigenvalue weighted by molar-refractivity contribution is -0.124. The maximum atomic E-state index is 11.6. The molecule has 2 amide bonds. The number of thiophene rings is 1. The van der Waals surface area contributed by atoms with Crippen LogP contribution >= 0.6 is 23.1 Å². The van der Waals surface area contributed by atoms with Gasteiger partial charge in [-0.05, 0) is 18.4 Å². The fourth-order valence-corrected chi connectivity index (χ4v) is 3.41. The van der Waals surface area contributed by atoms with Crippen molar-refractivity contribution in [2.75, 3.05) is 31.8 Å². The van der Waals surface area contributed by atoms with Gasteiger partial charge in [0.05, 0.1) is 18.1 Å². The van der Waals surface area contributed by atoms with E-state index >= 15 is 0 Å². The number of benzene rings is 1. The highest BCUT2D eigenvalue weighted by Gasteiger charge is 2.27. The minimum atomic E-state index is -0.593. The van der Waals surface area contributed by atoms with Gasteiger partial charge in [-0.1, -0.05) is 35.9 Å². The highest BCUT2D eigenvalue weighted by Crippen LogP contribution is 2.12. The summed E-state index contributed by atoms with van der Waals surface area (Å²) < 4.78 is 4.66. The van der Waals surface area contributed by atoms with E-state index in [1.165, 1.54) is 28.7 Å². The number of rotatable bonds is 5. The molecule has 0 saturated carbocycles. The Morgan fingerprint density at radius 2 is 1.89 bits per heavy atom. The van der Waals surface area contributed by atoms with Crippen LogP contribution in [-0.4, -0.2) is 59.6 Å². The number of aliphatic hydroxyl groups excluding tert-OH is 1. The average Bonchev–Trinajstić information content (AvgIpc) is 3.36. The zero-order chi connectivity index (χ0) is 20.1. The lowest BCUT2D eigenvalue weighted by Crippen LogP contribution is -2.33. The Kier molecular flexibility index (Phi) is 11.1. The number of carbonyl (C=O) groups is 3. The summed E-state index contributed by atoms with van der Waals surface area (Å²) in [7, 11) is 1.00. The molecular weight excluding hydrogens is 386 g/mol. The standard InChI is InChI=1S/C11H11NO4S2.C7H8.CH4O/c13-9(8-1-4-17-5-8)6-18-7-10(14)12-2-3-16-11(12)15;1-7-5-3-2-4-6-7;1-2/h1,4-5H,2-3,6-7H2;2-6H,1H3;2H,1H3. The third kappa shape index (κ3) is 8.38. The minimum absolute atomic E-state index is 0.00181. The monoisotopic (exact) mass is 409 g/mol. The summed E-state index contributed by atoms with van der Waals surface area (Å²) in [5.41, 5.74) is 1.99. The zero-order valence-electron chi connectivity index (χ0n) is 15.3. The molecule has 2 heterocycles. The molecule has 3 rings (SSSR count). The molecule has 0 atom stereocenters. The van der Waals surface area contributed by atoms with Crippen molar-refractivity contribution in [2.24, 2.45) is 0 Å². The summed E-state index contributed by atoms with van der Waals surface area (Å²) in [6.07, 6.45) is -0.593. The zero-order valence-corrected chi connectivity index (χ0v) is 16.9. The van der Waals surface area contributed by atoms with E-state index in [-0.39, 0.29) is 29.8 Å². The molecule has 0 spiro atoms. The first-order chi connectivity index (χ1) is 13.1. The molecule has 1 aromatic heterocycles. The quantitative estimate of drug-likeness (QED) is 0.763. The van der Waals surface area contributed by atoms with Crippen LogP contribution in [0.5, 0.6) is 0 Å². The Balaban J connectivity index is 0.000000338. The predicted molar refractivity (Wildman–Crippen MR) is 108 cm³/mol. The van der Waals surface area contributed by atoms with E-state index in [9.17, 15) is 14.4 Å². The van der Waals surface area contributed by atoms with E-state index in [0.717, 1.165) is 12.0 Å². The summed E-state index contributed by atoms with van der Waals surface area (Å²) in [5.74, 6) is 0.0507. The molecule has 0 unspecified atom stereocenters. The number of cyclic esters (lactones) is 1. The van der Waals surface area contributed by atoms with E-state index in [0.29, 0.717) is 12.1 Å². The second-order valence-corrected chi connectivity index (χ2v) is 7.01. The highest BCUT2D eigenvalue weighted by molar-refractivity contribution is 8.00. The van der Waals surface area contributed by atoms with Crippen molar-refractivity contribution in [3.8, 4) is 0 Å². The summed E-state index contributed by atoms with van der Waals surface area (Å²) >= 11 is 2.67. The number of thioether (sulfide) groups is 1. The lowest BCUT2D eigenvalue weighted by Gasteiger charge is -2.09. The molecule has 8 heteroatoms. The van der Waals surface area contributed by atoms with Crippen LogP contribution in [-0.2, 0) is 9.53 Å². The number of ether oxygens (including phenoxy) is 1. The summed E-state index contributed by atoms with van der Waals surface area (Å²) in [4.78, 5) is 35.4. The van der Waals surface area contributed by atoms with Crippen LogP contribution in [0.1, 0.15) is 15.9 Å². The van der Waals surface area contributed by atoms with Crippen LogP contribution in [0.2, 0.25) is 0 Å². The average molecular weight is 410 g/mol. The van der Waals surface area contributed by atoms with Crippen molar-refractivity contribution in [1.29, 1.82) is 0 Å². The summed E-state index contributed by atoms with van der Waals surface area (Å²) in [5, 5.41) is 10.6. The summed E-state index contributed by atoms with van der Waals surface area (Å²) in [6.45, 7) is 2.64. The predicted octanol–water partition coefficient (Wildman–Crippen LogP) is 3.25. The van der Waals surface area contributed by atoms with Crippen molar-refractivity contribution in [3.05, 3.63) is 58.3 Å². The number of hydrogen-bond donors (Lipinski definition) is 1. The largest absolute Gasteiger partial charge is 0.447 e. The molecule has 0 bridgehead atoms. The van der Waals surface area contributed by atoms with E-state index in [2.05, 4.69) is 23.8 Å². The van der Waals surface area contributed by atoms with Gasteiger partial charge in [-0.15, -0.1) is 11.8 Å². The molecule has 1 aromatic carbocycles. The first kappa shape index (κ1) is 22.9. The van der Waals surface area contributed by atoms with Crippen LogP contribution in [0.3, 0.4) is 0 Å². The van der Waals surface area contributed by atoms with Crippen LogP contribution in [0.15, 0.2) is 47.2 Å². The van der Waals surface area contributed by atoms with Crippen LogP contribution in [0.4, 0.5) is 4.79 Å². The number of carbonyl (C=O) groups excluding carboxylic acids is 3. The number of imide groups is 1. The number of amides is 2. The van der Waals surface area contributed by atoms with Crippen molar-refractivity contribution in [1.82, 2.24) is 4.90 Å². The molecule has 6 nitrogen and oxygen atoms in total. The molecule has 146 valence electrons. The van der Waals surface area contributed by atoms with Crippen LogP contribution < -0.4 is 0 Å². The molecule has 1 aliphatic heterocycles. The third-order valence-corrected chi connectivity index (χ3v) is 4.90. The fourth-order valence-electron chi connectivity index (χ4n) is 1.97. The van der Waals surface area contributed by atoms with Gasteiger partial charge in [-0.25, -0.2) is 9.69 Å². The number of Topliss-reactive ketones (excluding diaryl/α,β-unsaturated/α-hetero) is 1. The maximum Gasteiger partial charge on any atom is 0.416 e. The smallest absolute Gasteiger partial charge is 0.416 e. The first-order valence-electron chi connectivity index (χ1n) is 8.14. The molecule has 1 aliphatic rings. The van der Waals surface area contributed by atoms with Crippen LogP contribution in [0, 0.1) is 6.92 Å². The molecule has 0 aliphatic carbocycles. The molecule has 1 N–H and O–H groups in total. The second-order valence-electron chi connectivity index (χ2n) is 5.24. The van der Waals surface area contributed by atoms with E-state index in [1.54, 1.807) is 11.4 Å².